The van der Waals surface area contributed by atoms with Crippen LogP contribution in [0.2, 0.25) is 0 Å². The molecule has 0 saturated carbocycles. The third-order valence-electron chi connectivity index (χ3n) is 3.38. The summed E-state index contributed by atoms with van der Waals surface area (Å²) in [5.74, 6) is -1.07. The Labute approximate surface area is 124 Å². The normalized spacial score (nSPS) is 10.7. The molecule has 0 spiro atoms. The molecule has 2 rings (SSSR count). The van der Waals surface area contributed by atoms with Gasteiger partial charge < -0.3 is 10.2 Å². The Hall–Kier alpha value is -1.94. The maximum absolute atomic E-state index is 14.1. The number of rotatable bonds is 5. The Morgan fingerprint density at radius 2 is 1.57 bits per heavy atom. The summed E-state index contributed by atoms with van der Waals surface area (Å²) in [5, 5.41) is 2.89. The summed E-state index contributed by atoms with van der Waals surface area (Å²) in [6.45, 7) is 2.91. The van der Waals surface area contributed by atoms with E-state index in [0.29, 0.717) is 18.7 Å². The first-order valence-electron chi connectivity index (χ1n) is 6.90. The number of nitrogens with one attached hydrogen (secondary N) is 1. The van der Waals surface area contributed by atoms with Crippen molar-refractivity contribution >= 4 is 5.69 Å². The number of hydrogen-bond acceptors (Lipinski definition) is 2. The van der Waals surface area contributed by atoms with Gasteiger partial charge in [-0.25, -0.2) is 8.78 Å². The predicted octanol–water partition coefficient (Wildman–Crippen LogP) is 3.63. The summed E-state index contributed by atoms with van der Waals surface area (Å²) in [7, 11) is 3.44. The molecule has 0 aliphatic heterocycles. The van der Waals surface area contributed by atoms with E-state index < -0.39 is 11.6 Å². The molecule has 0 bridgehead atoms. The van der Waals surface area contributed by atoms with E-state index in [4.69, 9.17) is 0 Å². The lowest BCUT2D eigenvalue weighted by atomic mass is 10.1. The minimum atomic E-state index is -0.533. The summed E-state index contributed by atoms with van der Waals surface area (Å²) in [4.78, 5) is 1.60. The van der Waals surface area contributed by atoms with Crippen molar-refractivity contribution in [3.05, 3.63) is 64.7 Å². The molecule has 0 saturated heterocycles. The zero-order valence-corrected chi connectivity index (χ0v) is 12.6. The molecule has 0 aliphatic carbocycles. The monoisotopic (exact) mass is 290 g/mol. The zero-order valence-electron chi connectivity index (χ0n) is 12.6. The van der Waals surface area contributed by atoms with Gasteiger partial charge in [0.15, 0.2) is 0 Å². The Bertz CT molecular complexity index is 586. The molecule has 2 aromatic rings. The van der Waals surface area contributed by atoms with E-state index in [2.05, 4.69) is 5.32 Å². The molecule has 112 valence electrons. The summed E-state index contributed by atoms with van der Waals surface area (Å²) < 4.78 is 28.3. The number of hydrogen-bond donors (Lipinski definition) is 1. The van der Waals surface area contributed by atoms with Crippen LogP contribution in [0.1, 0.15) is 16.7 Å². The van der Waals surface area contributed by atoms with Crippen LogP contribution in [0.3, 0.4) is 0 Å². The van der Waals surface area contributed by atoms with Crippen LogP contribution in [-0.4, -0.2) is 14.1 Å². The summed E-state index contributed by atoms with van der Waals surface area (Å²) in [6, 6.07) is 10.7. The average Bonchev–Trinajstić information content (AvgIpc) is 2.41. The number of halogens is 2. The lowest BCUT2D eigenvalue weighted by Crippen LogP contribution is -2.20. The fourth-order valence-electron chi connectivity index (χ4n) is 2.34. The number of nitrogens with zero attached hydrogens (tertiary/aromatic N) is 1. The standard InChI is InChI=1S/C17H20F2N2/c1-12-4-6-13(7-5-12)11-21(3)17-15(18)8-14(10-20-2)9-16(17)19/h4-9,20H,10-11H2,1-3H3. The van der Waals surface area contributed by atoms with E-state index in [1.807, 2.05) is 31.2 Å². The summed E-state index contributed by atoms with van der Waals surface area (Å²) in [6.07, 6.45) is 0. The maximum Gasteiger partial charge on any atom is 0.149 e. The summed E-state index contributed by atoms with van der Waals surface area (Å²) in [5.41, 5.74) is 2.78. The predicted molar refractivity (Wildman–Crippen MR) is 82.4 cm³/mol. The van der Waals surface area contributed by atoms with Crippen LogP contribution in [0.15, 0.2) is 36.4 Å². The van der Waals surface area contributed by atoms with Gasteiger partial charge in [-0.05, 0) is 37.2 Å². The van der Waals surface area contributed by atoms with E-state index in [-0.39, 0.29) is 5.69 Å². The highest BCUT2D eigenvalue weighted by Crippen LogP contribution is 2.25. The molecular formula is C17H20F2N2. The van der Waals surface area contributed by atoms with Crippen LogP contribution in [0.25, 0.3) is 0 Å². The molecule has 0 fully saturated rings. The Morgan fingerprint density at radius 1 is 1.00 bits per heavy atom. The van der Waals surface area contributed by atoms with Crippen LogP contribution in [0, 0.1) is 18.6 Å². The zero-order chi connectivity index (χ0) is 15.4. The molecule has 0 aromatic heterocycles. The second kappa shape index (κ2) is 6.68. The fourth-order valence-corrected chi connectivity index (χ4v) is 2.34. The number of anilines is 1. The van der Waals surface area contributed by atoms with E-state index in [9.17, 15) is 8.78 Å². The molecule has 0 aliphatic rings. The van der Waals surface area contributed by atoms with Crippen LogP contribution >= 0.6 is 0 Å². The molecule has 0 heterocycles. The Kier molecular flexibility index (Phi) is 4.91. The molecule has 4 heteroatoms. The van der Waals surface area contributed by atoms with Crippen molar-refractivity contribution in [2.24, 2.45) is 0 Å². The Balaban J connectivity index is 2.22. The van der Waals surface area contributed by atoms with Gasteiger partial charge in [-0.2, -0.15) is 0 Å². The highest BCUT2D eigenvalue weighted by atomic mass is 19.1. The van der Waals surface area contributed by atoms with Crippen molar-refractivity contribution in [1.29, 1.82) is 0 Å². The largest absolute Gasteiger partial charge is 0.366 e. The van der Waals surface area contributed by atoms with Crippen LogP contribution in [-0.2, 0) is 13.1 Å². The second-order valence-corrected chi connectivity index (χ2v) is 5.28. The van der Waals surface area contributed by atoms with Gasteiger partial charge in [0.05, 0.1) is 0 Å². The van der Waals surface area contributed by atoms with Crippen LogP contribution in [0.5, 0.6) is 0 Å². The molecule has 0 unspecified atom stereocenters. The Morgan fingerprint density at radius 3 is 2.10 bits per heavy atom. The quantitative estimate of drug-likeness (QED) is 0.904. The van der Waals surface area contributed by atoms with Crippen molar-refractivity contribution in [1.82, 2.24) is 5.32 Å². The van der Waals surface area contributed by atoms with Crippen molar-refractivity contribution in [2.45, 2.75) is 20.0 Å². The molecular weight excluding hydrogens is 270 g/mol. The van der Waals surface area contributed by atoms with Gasteiger partial charge in [0.25, 0.3) is 0 Å². The van der Waals surface area contributed by atoms with Crippen LogP contribution < -0.4 is 10.2 Å². The smallest absolute Gasteiger partial charge is 0.149 e. The van der Waals surface area contributed by atoms with Gasteiger partial charge in [0.1, 0.15) is 17.3 Å². The van der Waals surface area contributed by atoms with Gasteiger partial charge in [-0.1, -0.05) is 29.8 Å². The highest BCUT2D eigenvalue weighted by molar-refractivity contribution is 5.50. The van der Waals surface area contributed by atoms with E-state index in [1.54, 1.807) is 19.0 Å². The minimum Gasteiger partial charge on any atom is -0.366 e. The molecule has 2 nitrogen and oxygen atoms in total. The van der Waals surface area contributed by atoms with Crippen molar-refractivity contribution < 1.29 is 8.78 Å². The lowest BCUT2D eigenvalue weighted by molar-refractivity contribution is 0.571. The van der Waals surface area contributed by atoms with Crippen LogP contribution in [0.4, 0.5) is 14.5 Å². The molecule has 0 atom stereocenters. The van der Waals surface area contributed by atoms with Crippen molar-refractivity contribution in [2.75, 3.05) is 19.0 Å². The molecule has 1 N–H and O–H groups in total. The number of benzene rings is 2. The maximum atomic E-state index is 14.1. The minimum absolute atomic E-state index is 0.00966. The molecule has 21 heavy (non-hydrogen) atoms. The van der Waals surface area contributed by atoms with E-state index >= 15 is 0 Å². The van der Waals surface area contributed by atoms with E-state index in [1.165, 1.54) is 12.1 Å². The summed E-state index contributed by atoms with van der Waals surface area (Å²) >= 11 is 0. The number of aryl methyl sites for hydroxylation is 1. The molecule has 2 aromatic carbocycles. The SMILES string of the molecule is CNCc1cc(F)c(N(C)Cc2ccc(C)cc2)c(F)c1. The third-order valence-corrected chi connectivity index (χ3v) is 3.38. The van der Waals surface area contributed by atoms with E-state index in [0.717, 1.165) is 11.1 Å². The highest BCUT2D eigenvalue weighted by Gasteiger charge is 2.15. The van der Waals surface area contributed by atoms with Crippen molar-refractivity contribution in [3.63, 3.8) is 0 Å². The van der Waals surface area contributed by atoms with Gasteiger partial charge in [-0.15, -0.1) is 0 Å². The lowest BCUT2D eigenvalue weighted by Gasteiger charge is -2.21. The molecule has 0 radical (unpaired) electrons. The third kappa shape index (κ3) is 3.79. The second-order valence-electron chi connectivity index (χ2n) is 5.28. The first kappa shape index (κ1) is 15.4. The topological polar surface area (TPSA) is 15.3 Å². The van der Waals surface area contributed by atoms with Gasteiger partial charge in [-0.3, -0.25) is 0 Å². The van der Waals surface area contributed by atoms with Gasteiger partial charge in [0, 0.05) is 20.1 Å². The van der Waals surface area contributed by atoms with Gasteiger partial charge in [0.2, 0.25) is 0 Å². The fraction of sp³-hybridized carbons (Fsp3) is 0.294. The molecule has 0 amide bonds. The first-order chi connectivity index (χ1) is 10.0. The van der Waals surface area contributed by atoms with Crippen molar-refractivity contribution in [3.8, 4) is 0 Å². The average molecular weight is 290 g/mol. The first-order valence-corrected chi connectivity index (χ1v) is 6.90. The van der Waals surface area contributed by atoms with Gasteiger partial charge >= 0.3 is 0 Å².